The molecule has 0 heterocycles. The molecule has 1 N–H and O–H groups in total. The van der Waals surface area contributed by atoms with E-state index in [9.17, 15) is 9.59 Å². The fourth-order valence-corrected chi connectivity index (χ4v) is 4.14. The highest BCUT2D eigenvalue weighted by Gasteiger charge is 2.30. The van der Waals surface area contributed by atoms with Crippen molar-refractivity contribution in [3.05, 3.63) is 83.4 Å². The molecule has 3 rings (SSSR count). The fourth-order valence-electron chi connectivity index (χ4n) is 4.14. The summed E-state index contributed by atoms with van der Waals surface area (Å²) in [6.45, 7) is 3.01. The molecule has 0 bridgehead atoms. The van der Waals surface area contributed by atoms with Gasteiger partial charge in [-0.15, -0.1) is 0 Å². The van der Waals surface area contributed by atoms with E-state index in [0.717, 1.165) is 36.8 Å². The van der Waals surface area contributed by atoms with Crippen LogP contribution in [0.4, 0.5) is 0 Å². The molecule has 0 radical (unpaired) electrons. The third kappa shape index (κ3) is 6.81. The molecule has 0 saturated carbocycles. The first-order chi connectivity index (χ1) is 15.2. The molecule has 31 heavy (non-hydrogen) atoms. The van der Waals surface area contributed by atoms with Gasteiger partial charge in [-0.3, -0.25) is 9.59 Å². The third-order valence-electron chi connectivity index (χ3n) is 5.79. The number of nitrogens with zero attached hydrogens (tertiary/aromatic N) is 1. The average Bonchev–Trinajstić information content (AvgIpc) is 2.81. The molecular weight excluding hydrogens is 384 g/mol. The van der Waals surface area contributed by atoms with Gasteiger partial charge in [0.1, 0.15) is 6.04 Å². The fraction of sp³-hybridized carbons (Fsp3) is 0.407. The summed E-state index contributed by atoms with van der Waals surface area (Å²) in [5, 5.41) is 3.12. The lowest BCUT2D eigenvalue weighted by molar-refractivity contribution is -0.141. The summed E-state index contributed by atoms with van der Waals surface area (Å²) >= 11 is 0. The van der Waals surface area contributed by atoms with Gasteiger partial charge in [-0.2, -0.15) is 0 Å². The molecule has 164 valence electrons. The maximum Gasteiger partial charge on any atom is 0.247 e. The molecular formula is C27H34N2O2. The molecule has 2 aromatic carbocycles. The number of nitrogens with one attached hydrogen (secondary N) is 1. The van der Waals surface area contributed by atoms with Crippen LogP contribution in [0.2, 0.25) is 0 Å². The molecule has 2 amide bonds. The van der Waals surface area contributed by atoms with Gasteiger partial charge >= 0.3 is 0 Å². The Morgan fingerprint density at radius 3 is 2.35 bits per heavy atom. The Balaban J connectivity index is 1.81. The van der Waals surface area contributed by atoms with Crippen LogP contribution < -0.4 is 5.32 Å². The Bertz CT molecular complexity index is 861. The summed E-state index contributed by atoms with van der Waals surface area (Å²) in [5.74, 6) is -0.103. The Kier molecular flexibility index (Phi) is 8.89. The number of hydrogen-bond donors (Lipinski definition) is 1. The second-order valence-corrected chi connectivity index (χ2v) is 8.22. The van der Waals surface area contributed by atoms with Crippen LogP contribution in [-0.2, 0) is 16.1 Å². The summed E-state index contributed by atoms with van der Waals surface area (Å²) in [6.07, 6.45) is 9.16. The van der Waals surface area contributed by atoms with Gasteiger partial charge in [0.05, 0.1) is 0 Å². The summed E-state index contributed by atoms with van der Waals surface area (Å²) in [4.78, 5) is 28.3. The van der Waals surface area contributed by atoms with Crippen molar-refractivity contribution >= 4 is 11.8 Å². The number of benzene rings is 2. The summed E-state index contributed by atoms with van der Waals surface area (Å²) in [7, 11) is 0. The molecule has 1 aliphatic rings. The van der Waals surface area contributed by atoms with Crippen LogP contribution in [0.5, 0.6) is 0 Å². The zero-order valence-electron chi connectivity index (χ0n) is 18.6. The van der Waals surface area contributed by atoms with Crippen LogP contribution in [0.25, 0.3) is 0 Å². The van der Waals surface area contributed by atoms with Crippen LogP contribution in [-0.4, -0.2) is 23.3 Å². The molecule has 0 aliphatic heterocycles. The normalized spacial score (nSPS) is 14.4. The zero-order valence-corrected chi connectivity index (χ0v) is 18.6. The highest BCUT2D eigenvalue weighted by molar-refractivity contribution is 5.88. The second kappa shape index (κ2) is 12.1. The molecule has 4 nitrogen and oxygen atoms in total. The minimum Gasteiger partial charge on any atom is -0.354 e. The minimum atomic E-state index is -0.638. The van der Waals surface area contributed by atoms with Crippen molar-refractivity contribution < 1.29 is 9.59 Å². The highest BCUT2D eigenvalue weighted by Crippen LogP contribution is 2.25. The Morgan fingerprint density at radius 2 is 1.71 bits per heavy atom. The van der Waals surface area contributed by atoms with Gasteiger partial charge < -0.3 is 10.2 Å². The first-order valence-corrected chi connectivity index (χ1v) is 11.5. The van der Waals surface area contributed by atoms with Crippen LogP contribution in [0.15, 0.2) is 72.3 Å². The smallest absolute Gasteiger partial charge is 0.247 e. The summed E-state index contributed by atoms with van der Waals surface area (Å²) in [5.41, 5.74) is 3.30. The van der Waals surface area contributed by atoms with E-state index in [0.29, 0.717) is 19.5 Å². The van der Waals surface area contributed by atoms with E-state index in [4.69, 9.17) is 0 Å². The number of carbonyl (C=O) groups is 2. The summed E-state index contributed by atoms with van der Waals surface area (Å²) < 4.78 is 0. The maximum absolute atomic E-state index is 13.4. The molecule has 2 aromatic rings. The van der Waals surface area contributed by atoms with Crippen LogP contribution in [0, 0.1) is 0 Å². The number of amides is 2. The van der Waals surface area contributed by atoms with Crippen molar-refractivity contribution in [2.75, 3.05) is 6.54 Å². The van der Waals surface area contributed by atoms with E-state index >= 15 is 0 Å². The highest BCUT2D eigenvalue weighted by atomic mass is 16.2. The number of hydrogen-bond acceptors (Lipinski definition) is 2. The molecule has 1 aliphatic carbocycles. The van der Waals surface area contributed by atoms with E-state index in [1.807, 2.05) is 67.6 Å². The zero-order chi connectivity index (χ0) is 21.9. The largest absolute Gasteiger partial charge is 0.354 e. The predicted octanol–water partition coefficient (Wildman–Crippen LogP) is 5.56. The van der Waals surface area contributed by atoms with Gasteiger partial charge in [0.25, 0.3) is 0 Å². The van der Waals surface area contributed by atoms with Crippen LogP contribution >= 0.6 is 0 Å². The lowest BCUT2D eigenvalue weighted by atomic mass is 9.97. The first-order valence-electron chi connectivity index (χ1n) is 11.5. The Morgan fingerprint density at radius 1 is 1.00 bits per heavy atom. The Hall–Kier alpha value is -2.88. The third-order valence-corrected chi connectivity index (χ3v) is 5.79. The average molecular weight is 419 g/mol. The lowest BCUT2D eigenvalue weighted by Gasteiger charge is -2.32. The van der Waals surface area contributed by atoms with Gasteiger partial charge in [-0.05, 0) is 49.7 Å². The predicted molar refractivity (Wildman–Crippen MR) is 125 cm³/mol. The van der Waals surface area contributed by atoms with Crippen molar-refractivity contribution in [1.29, 1.82) is 0 Å². The van der Waals surface area contributed by atoms with E-state index in [1.54, 1.807) is 4.90 Å². The van der Waals surface area contributed by atoms with Gasteiger partial charge in [-0.25, -0.2) is 0 Å². The second-order valence-electron chi connectivity index (χ2n) is 8.22. The van der Waals surface area contributed by atoms with E-state index in [2.05, 4.69) is 11.4 Å². The molecule has 0 fully saturated rings. The van der Waals surface area contributed by atoms with Crippen LogP contribution in [0.3, 0.4) is 0 Å². The monoisotopic (exact) mass is 418 g/mol. The number of rotatable bonds is 10. The number of carbonyl (C=O) groups excluding carboxylic acids is 2. The van der Waals surface area contributed by atoms with Crippen molar-refractivity contribution in [3.63, 3.8) is 0 Å². The van der Waals surface area contributed by atoms with Gasteiger partial charge in [0.15, 0.2) is 0 Å². The Labute approximate surface area is 186 Å². The van der Waals surface area contributed by atoms with E-state index in [1.165, 1.54) is 18.4 Å². The van der Waals surface area contributed by atoms with Gasteiger partial charge in [0, 0.05) is 19.5 Å². The van der Waals surface area contributed by atoms with E-state index < -0.39 is 6.04 Å². The topological polar surface area (TPSA) is 49.4 Å². The van der Waals surface area contributed by atoms with Crippen LogP contribution in [0.1, 0.15) is 69.0 Å². The maximum atomic E-state index is 13.4. The van der Waals surface area contributed by atoms with Crippen molar-refractivity contribution in [2.45, 2.75) is 64.5 Å². The van der Waals surface area contributed by atoms with Crippen molar-refractivity contribution in [3.8, 4) is 0 Å². The molecule has 0 spiro atoms. The van der Waals surface area contributed by atoms with Crippen molar-refractivity contribution in [1.82, 2.24) is 10.2 Å². The standard InChI is InChI=1S/C27H34N2O2/c1-2-12-25(30)29(21-23-15-8-4-9-16-23)26(24-17-10-5-11-18-24)27(31)28-20-19-22-13-6-3-7-14-22/h4-5,8-11,13,15-18,26H,2-3,6-7,12,14,19-21H2,1H3,(H,28,31). The molecule has 0 aromatic heterocycles. The molecule has 1 unspecified atom stereocenters. The van der Waals surface area contributed by atoms with E-state index in [-0.39, 0.29) is 11.8 Å². The number of allylic oxidation sites excluding steroid dienone is 1. The molecule has 4 heteroatoms. The molecule has 0 saturated heterocycles. The van der Waals surface area contributed by atoms with Gasteiger partial charge in [-0.1, -0.05) is 79.2 Å². The first kappa shape index (κ1) is 22.8. The summed E-state index contributed by atoms with van der Waals surface area (Å²) in [6, 6.07) is 18.9. The van der Waals surface area contributed by atoms with Crippen molar-refractivity contribution in [2.24, 2.45) is 0 Å². The van der Waals surface area contributed by atoms with Gasteiger partial charge in [0.2, 0.25) is 11.8 Å². The molecule has 1 atom stereocenters. The quantitative estimate of drug-likeness (QED) is 0.513. The minimum absolute atomic E-state index is 0.00495. The lowest BCUT2D eigenvalue weighted by Crippen LogP contribution is -2.43. The SMILES string of the molecule is CCCC(=O)N(Cc1ccccc1)C(C(=O)NCCC1=CCCCC1)c1ccccc1.